The minimum atomic E-state index is -0.157. The van der Waals surface area contributed by atoms with Gasteiger partial charge in [0.05, 0.1) is 6.61 Å². The molecule has 0 aliphatic carbocycles. The number of hydrogen-bond donors (Lipinski definition) is 2. The van der Waals surface area contributed by atoms with Crippen molar-refractivity contribution in [1.82, 2.24) is 15.1 Å². The van der Waals surface area contributed by atoms with E-state index >= 15 is 0 Å². The van der Waals surface area contributed by atoms with E-state index in [-0.39, 0.29) is 12.1 Å². The first-order valence-electron chi connectivity index (χ1n) is 7.75. The second kappa shape index (κ2) is 8.20. The number of rotatable bonds is 9. The smallest absolute Gasteiger partial charge is 0.0611 e. The predicted octanol–water partition coefficient (Wildman–Crippen LogP) is 1.15. The summed E-state index contributed by atoms with van der Waals surface area (Å²) in [6.45, 7) is 12.5. The molecule has 0 radical (unpaired) electrons. The lowest BCUT2D eigenvalue weighted by molar-refractivity contribution is 0.140. The van der Waals surface area contributed by atoms with Crippen molar-refractivity contribution in [1.29, 1.82) is 0 Å². The van der Waals surface area contributed by atoms with E-state index in [2.05, 4.69) is 42.9 Å². The van der Waals surface area contributed by atoms with Crippen LogP contribution in [0.15, 0.2) is 0 Å². The van der Waals surface area contributed by atoms with Gasteiger partial charge in [-0.1, -0.05) is 13.8 Å². The van der Waals surface area contributed by atoms with E-state index in [4.69, 9.17) is 0 Å². The van der Waals surface area contributed by atoms with Gasteiger partial charge in [-0.25, -0.2) is 0 Å². The largest absolute Gasteiger partial charge is 0.394 e. The van der Waals surface area contributed by atoms with Gasteiger partial charge in [0.1, 0.15) is 0 Å². The third kappa shape index (κ3) is 6.70. The Morgan fingerprint density at radius 3 is 2.42 bits per heavy atom. The Balaban J connectivity index is 2.21. The van der Waals surface area contributed by atoms with E-state index in [1.165, 1.54) is 32.5 Å². The predicted molar refractivity (Wildman–Crippen MR) is 81.6 cm³/mol. The number of hydrogen-bond acceptors (Lipinski definition) is 4. The topological polar surface area (TPSA) is 38.7 Å². The Bertz CT molecular complexity index is 242. The van der Waals surface area contributed by atoms with Crippen molar-refractivity contribution in [3.63, 3.8) is 0 Å². The summed E-state index contributed by atoms with van der Waals surface area (Å²) in [5.74, 6) is 0. The van der Waals surface area contributed by atoms with E-state index in [0.29, 0.717) is 6.04 Å². The first-order valence-corrected chi connectivity index (χ1v) is 7.75. The van der Waals surface area contributed by atoms with E-state index < -0.39 is 0 Å². The molecule has 1 aliphatic rings. The Morgan fingerprint density at radius 1 is 1.26 bits per heavy atom. The maximum atomic E-state index is 9.56. The maximum absolute atomic E-state index is 9.56. The van der Waals surface area contributed by atoms with Gasteiger partial charge >= 0.3 is 0 Å². The van der Waals surface area contributed by atoms with Gasteiger partial charge in [0.15, 0.2) is 0 Å². The summed E-state index contributed by atoms with van der Waals surface area (Å²) >= 11 is 0. The third-order valence-electron chi connectivity index (χ3n) is 4.03. The molecule has 1 unspecified atom stereocenters. The van der Waals surface area contributed by atoms with Crippen LogP contribution in [0.25, 0.3) is 0 Å². The van der Waals surface area contributed by atoms with Crippen molar-refractivity contribution in [3.05, 3.63) is 0 Å². The van der Waals surface area contributed by atoms with Gasteiger partial charge in [-0.2, -0.15) is 0 Å². The zero-order valence-electron chi connectivity index (χ0n) is 13.3. The minimum Gasteiger partial charge on any atom is -0.394 e. The molecule has 0 aromatic carbocycles. The Hall–Kier alpha value is -0.160. The van der Waals surface area contributed by atoms with Gasteiger partial charge in [0.25, 0.3) is 0 Å². The second-order valence-corrected chi connectivity index (χ2v) is 6.62. The number of aliphatic hydroxyl groups is 1. The summed E-state index contributed by atoms with van der Waals surface area (Å²) in [4.78, 5) is 4.93. The van der Waals surface area contributed by atoms with E-state index in [1.54, 1.807) is 0 Å². The Labute approximate surface area is 119 Å². The molecular weight excluding hydrogens is 238 g/mol. The molecule has 1 rings (SSSR count). The quantitative estimate of drug-likeness (QED) is 0.660. The summed E-state index contributed by atoms with van der Waals surface area (Å²) in [5.41, 5.74) is -0.157. The van der Waals surface area contributed by atoms with Gasteiger partial charge < -0.3 is 20.2 Å². The number of nitrogens with one attached hydrogen (secondary N) is 1. The molecule has 0 amide bonds. The number of nitrogens with zero attached hydrogens (tertiary/aromatic N) is 2. The molecular formula is C15H33N3O. The van der Waals surface area contributed by atoms with Crippen LogP contribution >= 0.6 is 0 Å². The normalized spacial score (nSPS) is 20.4. The first kappa shape index (κ1) is 16.9. The average Bonchev–Trinajstić information content (AvgIpc) is 2.86. The van der Waals surface area contributed by atoms with Gasteiger partial charge in [-0.3, -0.25) is 0 Å². The van der Waals surface area contributed by atoms with Crippen LogP contribution in [0.1, 0.15) is 40.0 Å². The fourth-order valence-corrected chi connectivity index (χ4v) is 2.76. The Kier molecular flexibility index (Phi) is 7.29. The van der Waals surface area contributed by atoms with Crippen LogP contribution in [0.4, 0.5) is 0 Å². The highest BCUT2D eigenvalue weighted by Crippen LogP contribution is 2.11. The highest BCUT2D eigenvalue weighted by atomic mass is 16.3. The van der Waals surface area contributed by atoms with Gasteiger partial charge in [0.2, 0.25) is 0 Å². The van der Waals surface area contributed by atoms with Crippen LogP contribution in [0.2, 0.25) is 0 Å². The fourth-order valence-electron chi connectivity index (χ4n) is 2.76. The molecule has 1 atom stereocenters. The number of likely N-dealkylation sites (tertiary alicyclic amines) is 1. The van der Waals surface area contributed by atoms with E-state index in [0.717, 1.165) is 19.5 Å². The monoisotopic (exact) mass is 271 g/mol. The Morgan fingerprint density at radius 2 is 1.89 bits per heavy atom. The zero-order valence-corrected chi connectivity index (χ0v) is 13.3. The van der Waals surface area contributed by atoms with Crippen molar-refractivity contribution in [2.24, 2.45) is 0 Å². The van der Waals surface area contributed by atoms with Crippen LogP contribution in [0.3, 0.4) is 0 Å². The maximum Gasteiger partial charge on any atom is 0.0611 e. The van der Waals surface area contributed by atoms with E-state index in [1.807, 2.05) is 0 Å². The van der Waals surface area contributed by atoms with Crippen LogP contribution in [-0.4, -0.2) is 72.9 Å². The second-order valence-electron chi connectivity index (χ2n) is 6.62. The summed E-state index contributed by atoms with van der Waals surface area (Å²) in [6.07, 6.45) is 3.72. The lowest BCUT2D eigenvalue weighted by Gasteiger charge is -2.33. The highest BCUT2D eigenvalue weighted by Gasteiger charge is 2.24. The molecule has 0 saturated carbocycles. The molecule has 4 nitrogen and oxygen atoms in total. The van der Waals surface area contributed by atoms with Crippen LogP contribution in [0, 0.1) is 0 Å². The third-order valence-corrected chi connectivity index (χ3v) is 4.03. The standard InChI is InChI=1S/C15H33N3O/c1-14(2)16-15(3,13-19)7-10-17(4)11-12-18-8-5-6-9-18/h14,16,19H,5-13H2,1-4H3. The van der Waals surface area contributed by atoms with E-state index in [9.17, 15) is 5.11 Å². The number of likely N-dealkylation sites (N-methyl/N-ethyl adjacent to an activating group) is 1. The summed E-state index contributed by atoms with van der Waals surface area (Å²) in [5, 5.41) is 13.0. The van der Waals surface area contributed by atoms with Gasteiger partial charge in [-0.15, -0.1) is 0 Å². The SMILES string of the molecule is CC(C)NC(C)(CO)CCN(C)CCN1CCCC1. The summed E-state index contributed by atoms with van der Waals surface area (Å²) < 4.78 is 0. The highest BCUT2D eigenvalue weighted by molar-refractivity contribution is 4.84. The van der Waals surface area contributed by atoms with Gasteiger partial charge in [0, 0.05) is 24.7 Å². The molecule has 1 heterocycles. The zero-order chi connectivity index (χ0) is 14.3. The van der Waals surface area contributed by atoms with Crippen molar-refractivity contribution in [2.45, 2.75) is 51.6 Å². The first-order chi connectivity index (χ1) is 8.95. The molecule has 4 heteroatoms. The van der Waals surface area contributed by atoms with Crippen LogP contribution < -0.4 is 5.32 Å². The molecule has 1 fully saturated rings. The minimum absolute atomic E-state index is 0.157. The van der Waals surface area contributed by atoms with Gasteiger partial charge in [-0.05, 0) is 52.9 Å². The van der Waals surface area contributed by atoms with Crippen molar-refractivity contribution >= 4 is 0 Å². The molecule has 0 bridgehead atoms. The molecule has 0 aromatic rings. The lowest BCUT2D eigenvalue weighted by atomic mass is 9.97. The molecule has 1 saturated heterocycles. The summed E-state index contributed by atoms with van der Waals surface area (Å²) in [7, 11) is 2.18. The lowest BCUT2D eigenvalue weighted by Crippen LogP contribution is -2.50. The summed E-state index contributed by atoms with van der Waals surface area (Å²) in [6, 6.07) is 0.409. The molecule has 1 aliphatic heterocycles. The fraction of sp³-hybridized carbons (Fsp3) is 1.00. The molecule has 0 aromatic heterocycles. The number of aliphatic hydroxyl groups excluding tert-OH is 1. The molecule has 114 valence electrons. The van der Waals surface area contributed by atoms with Crippen LogP contribution in [0.5, 0.6) is 0 Å². The molecule has 0 spiro atoms. The molecule has 2 N–H and O–H groups in total. The van der Waals surface area contributed by atoms with Crippen molar-refractivity contribution in [3.8, 4) is 0 Å². The molecule has 19 heavy (non-hydrogen) atoms. The van der Waals surface area contributed by atoms with Crippen molar-refractivity contribution < 1.29 is 5.11 Å². The average molecular weight is 271 g/mol. The van der Waals surface area contributed by atoms with Crippen LogP contribution in [-0.2, 0) is 0 Å². The van der Waals surface area contributed by atoms with Crippen molar-refractivity contribution in [2.75, 3.05) is 46.4 Å².